The number of aromatic nitrogens is 5. The van der Waals surface area contributed by atoms with Gasteiger partial charge >= 0.3 is 5.97 Å². The summed E-state index contributed by atoms with van der Waals surface area (Å²) in [6.45, 7) is 3.85. The molecule has 0 saturated heterocycles. The van der Waals surface area contributed by atoms with E-state index in [0.29, 0.717) is 11.4 Å². The van der Waals surface area contributed by atoms with E-state index >= 15 is 0 Å². The van der Waals surface area contributed by atoms with E-state index in [9.17, 15) is 10.1 Å². The van der Waals surface area contributed by atoms with E-state index in [1.54, 1.807) is 4.57 Å². The number of nitriles is 1. The third kappa shape index (κ3) is 2.59. The van der Waals surface area contributed by atoms with E-state index in [1.165, 1.54) is 24.3 Å². The lowest BCUT2D eigenvalue weighted by Gasteiger charge is -2.15. The molecule has 25 heavy (non-hydrogen) atoms. The molecular formula is C16H15N7O2. The average Bonchev–Trinajstić information content (AvgIpc) is 3.24. The Morgan fingerprint density at radius 3 is 2.72 bits per heavy atom. The van der Waals surface area contributed by atoms with Crippen molar-refractivity contribution < 1.29 is 9.53 Å². The molecule has 0 saturated carbocycles. The Labute approximate surface area is 143 Å². The van der Waals surface area contributed by atoms with Gasteiger partial charge in [0.05, 0.1) is 29.7 Å². The summed E-state index contributed by atoms with van der Waals surface area (Å²) < 4.78 is 7.89. The predicted octanol–water partition coefficient (Wildman–Crippen LogP) is 1.31. The van der Waals surface area contributed by atoms with Gasteiger partial charge in [0.15, 0.2) is 5.69 Å². The number of carbonyl (C=O) groups excluding carboxylic acids is 1. The molecule has 0 aliphatic heterocycles. The summed E-state index contributed by atoms with van der Waals surface area (Å²) >= 11 is 0. The lowest BCUT2D eigenvalue weighted by molar-refractivity contribution is 0.0593. The first-order valence-corrected chi connectivity index (χ1v) is 7.32. The number of nitrogens with zero attached hydrogens (tertiary/aromatic N) is 6. The van der Waals surface area contributed by atoms with Crippen LogP contribution in [0, 0.1) is 25.2 Å². The molecule has 1 aromatic carbocycles. The molecule has 0 spiro atoms. The predicted molar refractivity (Wildman–Crippen MR) is 88.4 cm³/mol. The van der Waals surface area contributed by atoms with Crippen molar-refractivity contribution in [3.63, 3.8) is 0 Å². The average molecular weight is 337 g/mol. The number of nitrogens with two attached hydrogens (primary N) is 1. The number of rotatable bonds is 3. The van der Waals surface area contributed by atoms with Gasteiger partial charge in [-0.1, -0.05) is 0 Å². The molecule has 3 rings (SSSR count). The molecular weight excluding hydrogens is 322 g/mol. The summed E-state index contributed by atoms with van der Waals surface area (Å²) in [6.07, 6.45) is 2.99. The number of methoxy groups -OCH3 is 1. The van der Waals surface area contributed by atoms with Crippen LogP contribution in [0.1, 0.15) is 27.2 Å². The quantitative estimate of drug-likeness (QED) is 0.714. The van der Waals surface area contributed by atoms with Crippen LogP contribution in [-0.4, -0.2) is 37.9 Å². The zero-order valence-corrected chi connectivity index (χ0v) is 13.9. The van der Waals surface area contributed by atoms with Crippen LogP contribution in [0.4, 0.5) is 5.69 Å². The van der Waals surface area contributed by atoms with Crippen LogP contribution in [0.15, 0.2) is 24.7 Å². The molecule has 0 atom stereocenters. The van der Waals surface area contributed by atoms with Crippen LogP contribution in [0.5, 0.6) is 0 Å². The third-order valence-corrected chi connectivity index (χ3v) is 4.04. The van der Waals surface area contributed by atoms with Crippen LogP contribution in [0.2, 0.25) is 0 Å². The Kier molecular flexibility index (Phi) is 3.94. The van der Waals surface area contributed by atoms with Gasteiger partial charge in [0.2, 0.25) is 0 Å². The number of aryl methyl sites for hydroxylation is 1. The third-order valence-electron chi connectivity index (χ3n) is 4.04. The molecule has 0 aliphatic carbocycles. The van der Waals surface area contributed by atoms with Gasteiger partial charge in [-0.05, 0) is 47.5 Å². The number of hydrogen-bond donors (Lipinski definition) is 1. The maximum Gasteiger partial charge on any atom is 0.357 e. The van der Waals surface area contributed by atoms with Crippen LogP contribution < -0.4 is 5.73 Å². The summed E-state index contributed by atoms with van der Waals surface area (Å²) in [6, 6.07) is 5.72. The molecule has 9 heteroatoms. The van der Waals surface area contributed by atoms with Crippen LogP contribution >= 0.6 is 0 Å². The molecule has 9 nitrogen and oxygen atoms in total. The Balaban J connectivity index is 2.30. The molecule has 3 aromatic rings. The molecule has 0 amide bonds. The summed E-state index contributed by atoms with van der Waals surface area (Å²) in [7, 11) is 1.26. The van der Waals surface area contributed by atoms with E-state index in [1.807, 2.05) is 32.0 Å². The van der Waals surface area contributed by atoms with Gasteiger partial charge in [-0.3, -0.25) is 0 Å². The van der Waals surface area contributed by atoms with Gasteiger partial charge in [0.25, 0.3) is 0 Å². The number of esters is 1. The van der Waals surface area contributed by atoms with Crippen molar-refractivity contribution in [3.05, 3.63) is 47.0 Å². The molecule has 0 unspecified atom stereocenters. The van der Waals surface area contributed by atoms with Crippen molar-refractivity contribution in [1.29, 1.82) is 5.26 Å². The van der Waals surface area contributed by atoms with Gasteiger partial charge in [0, 0.05) is 6.20 Å². The van der Waals surface area contributed by atoms with Crippen molar-refractivity contribution in [2.45, 2.75) is 13.8 Å². The second-order valence-electron chi connectivity index (χ2n) is 5.44. The Morgan fingerprint density at radius 1 is 1.36 bits per heavy atom. The number of nitrogen functional groups attached to an aromatic ring is 1. The molecule has 0 fully saturated rings. The fourth-order valence-electron chi connectivity index (χ4n) is 2.59. The van der Waals surface area contributed by atoms with E-state index in [-0.39, 0.29) is 16.9 Å². The van der Waals surface area contributed by atoms with Crippen molar-refractivity contribution in [1.82, 2.24) is 24.8 Å². The van der Waals surface area contributed by atoms with Crippen LogP contribution in [0.3, 0.4) is 0 Å². The normalized spacial score (nSPS) is 10.5. The van der Waals surface area contributed by atoms with E-state index in [2.05, 4.69) is 15.5 Å². The van der Waals surface area contributed by atoms with E-state index in [0.717, 1.165) is 11.1 Å². The van der Waals surface area contributed by atoms with Crippen molar-refractivity contribution in [2.24, 2.45) is 0 Å². The zero-order chi connectivity index (χ0) is 18.1. The molecule has 2 aromatic heterocycles. The highest BCUT2D eigenvalue weighted by atomic mass is 16.5. The fraction of sp³-hybridized carbons (Fsp3) is 0.188. The number of benzene rings is 1. The number of anilines is 1. The Bertz CT molecular complexity index is 997. The van der Waals surface area contributed by atoms with Gasteiger partial charge in [-0.25, -0.2) is 9.48 Å². The van der Waals surface area contributed by atoms with Crippen LogP contribution in [0.25, 0.3) is 11.4 Å². The fourth-order valence-corrected chi connectivity index (χ4v) is 2.59. The summed E-state index contributed by atoms with van der Waals surface area (Å²) in [5.74, 6) is -0.621. The summed E-state index contributed by atoms with van der Waals surface area (Å²) in [5.41, 5.74) is 9.63. The largest absolute Gasteiger partial charge is 0.464 e. The van der Waals surface area contributed by atoms with Crippen molar-refractivity contribution in [3.8, 4) is 17.4 Å². The number of carbonyl (C=O) groups is 1. The topological polar surface area (TPSA) is 125 Å². The minimum Gasteiger partial charge on any atom is -0.464 e. The first-order valence-electron chi connectivity index (χ1n) is 7.32. The van der Waals surface area contributed by atoms with Gasteiger partial charge < -0.3 is 15.0 Å². The lowest BCUT2D eigenvalue weighted by atomic mass is 10.1. The smallest absolute Gasteiger partial charge is 0.357 e. The Morgan fingerprint density at radius 2 is 2.12 bits per heavy atom. The SMILES string of the molecule is COC(=O)c1c(N)c(C#N)cn1-c1cc(-n2cnnn2)cc(C)c1C. The molecule has 126 valence electrons. The number of hydrogen-bond acceptors (Lipinski definition) is 7. The monoisotopic (exact) mass is 337 g/mol. The highest BCUT2D eigenvalue weighted by Gasteiger charge is 2.23. The number of tetrazole rings is 1. The summed E-state index contributed by atoms with van der Waals surface area (Å²) in [5, 5.41) is 20.4. The first kappa shape index (κ1) is 16.2. The molecule has 0 radical (unpaired) electrons. The van der Waals surface area contributed by atoms with Gasteiger partial charge in [-0.15, -0.1) is 5.10 Å². The first-order chi connectivity index (χ1) is 12.0. The number of ether oxygens (including phenoxy) is 1. The highest BCUT2D eigenvalue weighted by molar-refractivity contribution is 5.96. The minimum absolute atomic E-state index is 0.0826. The second-order valence-corrected chi connectivity index (χ2v) is 5.44. The molecule has 2 heterocycles. The highest BCUT2D eigenvalue weighted by Crippen LogP contribution is 2.29. The molecule has 2 N–H and O–H groups in total. The second kappa shape index (κ2) is 6.09. The van der Waals surface area contributed by atoms with Crippen molar-refractivity contribution in [2.75, 3.05) is 12.8 Å². The van der Waals surface area contributed by atoms with Crippen molar-refractivity contribution >= 4 is 11.7 Å². The molecule has 0 aliphatic rings. The van der Waals surface area contributed by atoms with Crippen LogP contribution in [-0.2, 0) is 4.74 Å². The summed E-state index contributed by atoms with van der Waals surface area (Å²) in [4.78, 5) is 12.2. The molecule has 0 bridgehead atoms. The van der Waals surface area contributed by atoms with E-state index in [4.69, 9.17) is 10.5 Å². The van der Waals surface area contributed by atoms with E-state index < -0.39 is 5.97 Å². The van der Waals surface area contributed by atoms with Gasteiger partial charge in [-0.2, -0.15) is 5.26 Å². The standard InChI is InChI=1S/C16H15N7O2/c1-9-4-12(23-8-19-20-21-23)5-13(10(9)2)22-7-11(6-17)14(18)15(22)16(24)25-3/h4-5,7-8H,18H2,1-3H3. The van der Waals surface area contributed by atoms with Gasteiger partial charge in [0.1, 0.15) is 12.4 Å². The zero-order valence-electron chi connectivity index (χ0n) is 13.9. The minimum atomic E-state index is -0.621. The lowest BCUT2D eigenvalue weighted by Crippen LogP contribution is -2.12. The Hall–Kier alpha value is -3.67. The maximum absolute atomic E-state index is 12.2. The maximum atomic E-state index is 12.2.